The van der Waals surface area contributed by atoms with E-state index in [0.717, 1.165) is 39.5 Å². The number of pyridine rings is 3. The molecule has 0 aromatic carbocycles. The van der Waals surface area contributed by atoms with Gasteiger partial charge in [0.05, 0.1) is 23.6 Å². The standard InChI is InChI=1S/C26H27N5O3/c1-17-5-6-19(15-27-17)18-7-11-30(24(32)13-18)20-8-12-31-22-16-29(25(33)34-26(2,3)4)10-9-21(22)28-23(31)14-20/h5-8,11-15H,9-10,16H2,1-4H3. The molecule has 5 rings (SSSR count). The van der Waals surface area contributed by atoms with Gasteiger partial charge in [0.25, 0.3) is 5.56 Å². The summed E-state index contributed by atoms with van der Waals surface area (Å²) in [5.74, 6) is 0. The Morgan fingerprint density at radius 3 is 2.59 bits per heavy atom. The van der Waals surface area contributed by atoms with E-state index in [4.69, 9.17) is 9.72 Å². The number of carbonyl (C=O) groups excluding carboxylic acids is 1. The summed E-state index contributed by atoms with van der Waals surface area (Å²) in [7, 11) is 0. The van der Waals surface area contributed by atoms with Crippen molar-refractivity contribution in [2.75, 3.05) is 6.54 Å². The van der Waals surface area contributed by atoms with E-state index in [1.807, 2.05) is 68.6 Å². The maximum atomic E-state index is 12.9. The summed E-state index contributed by atoms with van der Waals surface area (Å²) in [6.45, 7) is 8.52. The zero-order valence-electron chi connectivity index (χ0n) is 19.8. The van der Waals surface area contributed by atoms with Crippen LogP contribution in [0.15, 0.2) is 59.8 Å². The quantitative estimate of drug-likeness (QED) is 0.452. The smallest absolute Gasteiger partial charge is 0.410 e. The average Bonchev–Trinajstić information content (AvgIpc) is 3.15. The molecule has 4 aromatic heterocycles. The van der Waals surface area contributed by atoms with Crippen LogP contribution < -0.4 is 5.56 Å². The van der Waals surface area contributed by atoms with Crippen LogP contribution in [0.1, 0.15) is 37.9 Å². The average molecular weight is 458 g/mol. The first kappa shape index (κ1) is 21.9. The topological polar surface area (TPSA) is 81.7 Å². The number of amides is 1. The van der Waals surface area contributed by atoms with E-state index >= 15 is 0 Å². The van der Waals surface area contributed by atoms with Gasteiger partial charge in [-0.2, -0.15) is 0 Å². The molecule has 8 nitrogen and oxygen atoms in total. The second-order valence-corrected chi connectivity index (χ2v) is 9.58. The molecule has 34 heavy (non-hydrogen) atoms. The Balaban J connectivity index is 1.44. The molecule has 1 aliphatic heterocycles. The molecule has 174 valence electrons. The van der Waals surface area contributed by atoms with E-state index in [-0.39, 0.29) is 11.7 Å². The molecule has 0 N–H and O–H groups in total. The van der Waals surface area contributed by atoms with Crippen LogP contribution in [-0.4, -0.2) is 42.1 Å². The lowest BCUT2D eigenvalue weighted by Crippen LogP contribution is -2.40. The van der Waals surface area contributed by atoms with E-state index in [9.17, 15) is 9.59 Å². The van der Waals surface area contributed by atoms with Crippen LogP contribution in [-0.2, 0) is 17.7 Å². The predicted molar refractivity (Wildman–Crippen MR) is 129 cm³/mol. The number of ether oxygens (including phenoxy) is 1. The van der Waals surface area contributed by atoms with Gasteiger partial charge in [-0.3, -0.25) is 14.3 Å². The van der Waals surface area contributed by atoms with Crippen molar-refractivity contribution in [1.29, 1.82) is 0 Å². The van der Waals surface area contributed by atoms with Gasteiger partial charge in [-0.15, -0.1) is 0 Å². The molecule has 0 spiro atoms. The van der Waals surface area contributed by atoms with Crippen molar-refractivity contribution in [2.45, 2.75) is 46.3 Å². The summed E-state index contributed by atoms with van der Waals surface area (Å²) in [6, 6.07) is 11.2. The monoisotopic (exact) mass is 457 g/mol. The van der Waals surface area contributed by atoms with E-state index in [1.165, 1.54) is 0 Å². The molecule has 8 heteroatoms. The van der Waals surface area contributed by atoms with Crippen LogP contribution in [0.25, 0.3) is 22.5 Å². The van der Waals surface area contributed by atoms with Crippen LogP contribution in [0.2, 0.25) is 0 Å². The fraction of sp³-hybridized carbons (Fsp3) is 0.308. The number of aryl methyl sites for hydroxylation is 1. The summed E-state index contributed by atoms with van der Waals surface area (Å²) in [5, 5.41) is 0. The molecule has 0 bridgehead atoms. The second kappa shape index (κ2) is 8.13. The van der Waals surface area contributed by atoms with Crippen molar-refractivity contribution in [2.24, 2.45) is 0 Å². The van der Waals surface area contributed by atoms with Crippen LogP contribution in [0.3, 0.4) is 0 Å². The maximum absolute atomic E-state index is 12.9. The van der Waals surface area contributed by atoms with Crippen molar-refractivity contribution < 1.29 is 9.53 Å². The van der Waals surface area contributed by atoms with Crippen LogP contribution in [0, 0.1) is 6.92 Å². The zero-order valence-corrected chi connectivity index (χ0v) is 19.8. The molecule has 0 aliphatic carbocycles. The summed E-state index contributed by atoms with van der Waals surface area (Å²) in [4.78, 5) is 36.2. The largest absolute Gasteiger partial charge is 0.444 e. The van der Waals surface area contributed by atoms with Gasteiger partial charge < -0.3 is 14.0 Å². The van der Waals surface area contributed by atoms with Gasteiger partial charge in [0.15, 0.2) is 0 Å². The Bertz CT molecular complexity index is 1440. The third kappa shape index (κ3) is 4.19. The molecule has 4 aromatic rings. The summed E-state index contributed by atoms with van der Waals surface area (Å²) in [6.07, 6.45) is 5.79. The third-order valence-corrected chi connectivity index (χ3v) is 5.84. The highest BCUT2D eigenvalue weighted by molar-refractivity contribution is 5.69. The van der Waals surface area contributed by atoms with E-state index in [1.54, 1.807) is 27.9 Å². The summed E-state index contributed by atoms with van der Waals surface area (Å²) >= 11 is 0. The van der Waals surface area contributed by atoms with Gasteiger partial charge in [-0.05, 0) is 51.5 Å². The number of fused-ring (bicyclic) bond motifs is 3. The van der Waals surface area contributed by atoms with Gasteiger partial charge in [0, 0.05) is 54.9 Å². The minimum Gasteiger partial charge on any atom is -0.444 e. The maximum Gasteiger partial charge on any atom is 0.410 e. The molecule has 0 fully saturated rings. The van der Waals surface area contributed by atoms with E-state index in [0.29, 0.717) is 19.5 Å². The van der Waals surface area contributed by atoms with Gasteiger partial charge in [-0.1, -0.05) is 6.07 Å². The number of aromatic nitrogens is 4. The van der Waals surface area contributed by atoms with Crippen molar-refractivity contribution in [3.05, 3.63) is 82.4 Å². The number of imidazole rings is 1. The molecular formula is C26H27N5O3. The second-order valence-electron chi connectivity index (χ2n) is 9.58. The van der Waals surface area contributed by atoms with Crippen LogP contribution in [0.4, 0.5) is 4.79 Å². The molecule has 0 saturated heterocycles. The van der Waals surface area contributed by atoms with E-state index < -0.39 is 5.60 Å². The van der Waals surface area contributed by atoms with Gasteiger partial charge in [0.1, 0.15) is 11.2 Å². The highest BCUT2D eigenvalue weighted by atomic mass is 16.6. The first-order valence-corrected chi connectivity index (χ1v) is 11.3. The number of hydrogen-bond acceptors (Lipinski definition) is 5. The van der Waals surface area contributed by atoms with Crippen molar-refractivity contribution in [1.82, 2.24) is 23.8 Å². The predicted octanol–water partition coefficient (Wildman–Crippen LogP) is 4.15. The zero-order chi connectivity index (χ0) is 24.0. The molecule has 0 unspecified atom stereocenters. The first-order valence-electron chi connectivity index (χ1n) is 11.3. The molecule has 0 saturated carbocycles. The van der Waals surface area contributed by atoms with Crippen molar-refractivity contribution in [3.8, 4) is 16.8 Å². The number of hydrogen-bond donors (Lipinski definition) is 0. The normalized spacial score (nSPS) is 13.7. The Labute approximate surface area is 197 Å². The molecule has 1 aliphatic rings. The lowest BCUT2D eigenvalue weighted by atomic mass is 10.1. The van der Waals surface area contributed by atoms with Gasteiger partial charge in [-0.25, -0.2) is 9.78 Å². The van der Waals surface area contributed by atoms with Crippen LogP contribution >= 0.6 is 0 Å². The van der Waals surface area contributed by atoms with Gasteiger partial charge in [0.2, 0.25) is 0 Å². The highest BCUT2D eigenvalue weighted by Gasteiger charge is 2.28. The number of rotatable bonds is 2. The van der Waals surface area contributed by atoms with Crippen molar-refractivity contribution >= 4 is 11.7 Å². The number of carbonyl (C=O) groups is 1. The molecule has 1 amide bonds. The van der Waals surface area contributed by atoms with Crippen molar-refractivity contribution in [3.63, 3.8) is 0 Å². The van der Waals surface area contributed by atoms with Gasteiger partial charge >= 0.3 is 6.09 Å². The van der Waals surface area contributed by atoms with E-state index in [2.05, 4.69) is 4.98 Å². The minimum atomic E-state index is -0.537. The molecular weight excluding hydrogens is 430 g/mol. The lowest BCUT2D eigenvalue weighted by molar-refractivity contribution is 0.0220. The minimum absolute atomic E-state index is 0.130. The lowest BCUT2D eigenvalue weighted by Gasteiger charge is -2.29. The molecule has 5 heterocycles. The third-order valence-electron chi connectivity index (χ3n) is 5.84. The highest BCUT2D eigenvalue weighted by Crippen LogP contribution is 2.24. The fourth-order valence-electron chi connectivity index (χ4n) is 4.14. The summed E-state index contributed by atoms with van der Waals surface area (Å²) in [5.41, 5.74) is 5.40. The Kier molecular flexibility index (Phi) is 5.23. The fourth-order valence-corrected chi connectivity index (χ4v) is 4.14. The SMILES string of the molecule is Cc1ccc(-c2ccn(-c3ccn4c5c(nc4c3)CCN(C(=O)OC(C)(C)C)C5)c(=O)c2)cn1. The van der Waals surface area contributed by atoms with Crippen LogP contribution in [0.5, 0.6) is 0 Å². The Hall–Kier alpha value is -3.94. The Morgan fingerprint density at radius 2 is 1.88 bits per heavy atom. The summed E-state index contributed by atoms with van der Waals surface area (Å²) < 4.78 is 9.12. The molecule has 0 atom stereocenters. The Morgan fingerprint density at radius 1 is 1.06 bits per heavy atom. The molecule has 0 radical (unpaired) electrons. The number of nitrogens with zero attached hydrogens (tertiary/aromatic N) is 5. The first-order chi connectivity index (χ1) is 16.2.